The van der Waals surface area contributed by atoms with Crippen LogP contribution in [0.4, 0.5) is 5.69 Å². The average molecular weight is 300 g/mol. The van der Waals surface area contributed by atoms with Crippen LogP contribution >= 0.6 is 0 Å². The summed E-state index contributed by atoms with van der Waals surface area (Å²) in [5.74, 6) is -0.667. The number of hydrogen-bond acceptors (Lipinski definition) is 6. The highest BCUT2D eigenvalue weighted by Crippen LogP contribution is 2.26. The highest BCUT2D eigenvalue weighted by Gasteiger charge is 2.12. The first-order chi connectivity index (χ1) is 10.5. The lowest BCUT2D eigenvalue weighted by Crippen LogP contribution is -2.18. The second-order valence-electron chi connectivity index (χ2n) is 4.37. The molecule has 2 aromatic rings. The molecule has 22 heavy (non-hydrogen) atoms. The van der Waals surface area contributed by atoms with Crippen LogP contribution in [0.15, 0.2) is 41.6 Å². The van der Waals surface area contributed by atoms with Gasteiger partial charge in [-0.1, -0.05) is 6.07 Å². The highest BCUT2D eigenvalue weighted by atomic mass is 16.6. The molecule has 0 radical (unpaired) electrons. The summed E-state index contributed by atoms with van der Waals surface area (Å²) in [7, 11) is 0. The van der Waals surface area contributed by atoms with E-state index in [4.69, 9.17) is 0 Å². The second-order valence-corrected chi connectivity index (χ2v) is 4.37. The Kier molecular flexibility index (Phi) is 4.42. The fraction of sp³-hybridized carbons (Fsp3) is 0.0714. The third-order valence-electron chi connectivity index (χ3n) is 2.79. The number of hydrogen-bond donors (Lipinski definition) is 2. The van der Waals surface area contributed by atoms with E-state index in [2.05, 4.69) is 15.5 Å². The Hall–Kier alpha value is -3.29. The van der Waals surface area contributed by atoms with E-state index >= 15 is 0 Å². The van der Waals surface area contributed by atoms with Gasteiger partial charge in [0.25, 0.3) is 11.6 Å². The van der Waals surface area contributed by atoms with Crippen LogP contribution in [0, 0.1) is 17.0 Å². The number of aromatic hydroxyl groups is 1. The molecule has 2 N–H and O–H groups in total. The van der Waals surface area contributed by atoms with Gasteiger partial charge in [0.15, 0.2) is 0 Å². The molecule has 8 heteroatoms. The second kappa shape index (κ2) is 6.44. The van der Waals surface area contributed by atoms with Gasteiger partial charge in [-0.3, -0.25) is 19.9 Å². The Morgan fingerprint density at radius 2 is 2.23 bits per heavy atom. The first kappa shape index (κ1) is 15.1. The molecule has 1 aromatic carbocycles. The Morgan fingerprint density at radius 1 is 1.45 bits per heavy atom. The number of carbonyl (C=O) groups is 1. The van der Waals surface area contributed by atoms with Gasteiger partial charge in [0.1, 0.15) is 11.4 Å². The number of aromatic nitrogens is 1. The van der Waals surface area contributed by atoms with Gasteiger partial charge in [-0.25, -0.2) is 5.43 Å². The number of nitro benzene ring substituents is 1. The number of rotatable bonds is 4. The number of aryl methyl sites for hydroxylation is 1. The summed E-state index contributed by atoms with van der Waals surface area (Å²) in [6, 6.07) is 7.25. The summed E-state index contributed by atoms with van der Waals surface area (Å²) in [6.45, 7) is 1.53. The summed E-state index contributed by atoms with van der Waals surface area (Å²) in [5, 5.41) is 24.3. The van der Waals surface area contributed by atoms with Crippen molar-refractivity contribution in [2.45, 2.75) is 6.92 Å². The molecule has 0 aliphatic rings. The zero-order chi connectivity index (χ0) is 16.1. The number of nitrogens with one attached hydrogen (secondary N) is 1. The monoisotopic (exact) mass is 300 g/mol. The van der Waals surface area contributed by atoms with Crippen molar-refractivity contribution in [3.63, 3.8) is 0 Å². The lowest BCUT2D eigenvalue weighted by atomic mass is 10.1. The molecule has 0 saturated heterocycles. The molecule has 0 spiro atoms. The van der Waals surface area contributed by atoms with Crippen LogP contribution in [-0.2, 0) is 0 Å². The third kappa shape index (κ3) is 3.42. The van der Waals surface area contributed by atoms with Crippen molar-refractivity contribution in [2.75, 3.05) is 0 Å². The van der Waals surface area contributed by atoms with E-state index in [0.717, 1.165) is 6.21 Å². The first-order valence-electron chi connectivity index (χ1n) is 6.21. The number of phenols is 1. The van der Waals surface area contributed by atoms with Gasteiger partial charge in [0, 0.05) is 23.9 Å². The van der Waals surface area contributed by atoms with Crippen LogP contribution in [0.25, 0.3) is 0 Å². The van der Waals surface area contributed by atoms with E-state index in [1.165, 1.54) is 31.3 Å². The fourth-order valence-corrected chi connectivity index (χ4v) is 1.71. The van der Waals surface area contributed by atoms with Crippen LogP contribution in [0.3, 0.4) is 0 Å². The predicted molar refractivity (Wildman–Crippen MR) is 78.8 cm³/mol. The summed E-state index contributed by atoms with van der Waals surface area (Å²) in [5.41, 5.74) is 2.71. The maximum Gasteiger partial charge on any atom is 0.289 e. The van der Waals surface area contributed by atoms with Gasteiger partial charge >= 0.3 is 0 Å². The van der Waals surface area contributed by atoms with Gasteiger partial charge < -0.3 is 5.11 Å². The number of nitrogens with zero attached hydrogens (tertiary/aromatic N) is 3. The zero-order valence-corrected chi connectivity index (χ0v) is 11.6. The molecule has 1 aromatic heterocycles. The number of nitro groups is 1. The molecule has 1 amide bonds. The van der Waals surface area contributed by atoms with Crippen molar-refractivity contribution in [1.29, 1.82) is 0 Å². The van der Waals surface area contributed by atoms with Crippen molar-refractivity contribution < 1.29 is 14.8 Å². The maximum absolute atomic E-state index is 11.7. The van der Waals surface area contributed by atoms with Crippen LogP contribution in [0.5, 0.6) is 5.75 Å². The number of phenolic OH excluding ortho intramolecular Hbond substituents is 1. The summed E-state index contributed by atoms with van der Waals surface area (Å²) in [6.07, 6.45) is 2.60. The molecule has 8 nitrogen and oxygen atoms in total. The molecule has 0 aliphatic carbocycles. The SMILES string of the molecule is Cc1cc([N+](=O)[O-])cc(/C=N/NC(=O)c2ccccn2)c1O. The molecule has 1 heterocycles. The van der Waals surface area contributed by atoms with Gasteiger partial charge in [0.2, 0.25) is 0 Å². The molecule has 0 bridgehead atoms. The lowest BCUT2D eigenvalue weighted by molar-refractivity contribution is -0.384. The van der Waals surface area contributed by atoms with Crippen molar-refractivity contribution in [3.8, 4) is 5.75 Å². The van der Waals surface area contributed by atoms with Crippen LogP contribution in [0.2, 0.25) is 0 Å². The van der Waals surface area contributed by atoms with E-state index in [9.17, 15) is 20.0 Å². The van der Waals surface area contributed by atoms with Crippen molar-refractivity contribution in [3.05, 3.63) is 63.5 Å². The van der Waals surface area contributed by atoms with E-state index in [1.807, 2.05) is 0 Å². The summed E-state index contributed by atoms with van der Waals surface area (Å²) < 4.78 is 0. The number of hydrazone groups is 1. The minimum Gasteiger partial charge on any atom is -0.507 e. The number of benzene rings is 1. The lowest BCUT2D eigenvalue weighted by Gasteiger charge is -2.03. The Labute approximate surface area is 125 Å². The van der Waals surface area contributed by atoms with Gasteiger partial charge in [-0.15, -0.1) is 0 Å². The molecule has 2 rings (SSSR count). The smallest absolute Gasteiger partial charge is 0.289 e. The molecule has 0 unspecified atom stereocenters. The van der Waals surface area contributed by atoms with Crippen LogP contribution in [-0.4, -0.2) is 27.1 Å². The van der Waals surface area contributed by atoms with E-state index in [-0.39, 0.29) is 22.7 Å². The van der Waals surface area contributed by atoms with Gasteiger partial charge in [0.05, 0.1) is 11.1 Å². The summed E-state index contributed by atoms with van der Waals surface area (Å²) in [4.78, 5) is 25.8. The van der Waals surface area contributed by atoms with Gasteiger partial charge in [-0.05, 0) is 24.6 Å². The zero-order valence-electron chi connectivity index (χ0n) is 11.6. The molecule has 0 fully saturated rings. The normalized spacial score (nSPS) is 10.6. The quantitative estimate of drug-likeness (QED) is 0.507. The first-order valence-corrected chi connectivity index (χ1v) is 6.21. The van der Waals surface area contributed by atoms with E-state index in [1.54, 1.807) is 12.1 Å². The largest absolute Gasteiger partial charge is 0.507 e. The molecule has 112 valence electrons. The average Bonchev–Trinajstić information content (AvgIpc) is 2.51. The third-order valence-corrected chi connectivity index (χ3v) is 2.79. The van der Waals surface area contributed by atoms with Crippen molar-refractivity contribution >= 4 is 17.8 Å². The number of non-ortho nitro benzene ring substituents is 1. The van der Waals surface area contributed by atoms with Crippen LogP contribution < -0.4 is 5.43 Å². The summed E-state index contributed by atoms with van der Waals surface area (Å²) >= 11 is 0. The Bertz CT molecular complexity index is 744. The fourth-order valence-electron chi connectivity index (χ4n) is 1.71. The standard InChI is InChI=1S/C14H12N4O4/c1-9-6-11(18(21)22)7-10(13(9)19)8-16-17-14(20)12-4-2-3-5-15-12/h2-8,19H,1H3,(H,17,20)/b16-8+. The van der Waals surface area contributed by atoms with E-state index < -0.39 is 10.8 Å². The minimum atomic E-state index is -0.573. The molecule has 0 atom stereocenters. The number of pyridine rings is 1. The predicted octanol–water partition coefficient (Wildman–Crippen LogP) is 1.77. The Balaban J connectivity index is 2.17. The highest BCUT2D eigenvalue weighted by molar-refractivity contribution is 5.93. The van der Waals surface area contributed by atoms with Crippen molar-refractivity contribution in [1.82, 2.24) is 10.4 Å². The molecular weight excluding hydrogens is 288 g/mol. The molecular formula is C14H12N4O4. The molecule has 0 aliphatic heterocycles. The van der Waals surface area contributed by atoms with Crippen molar-refractivity contribution in [2.24, 2.45) is 5.10 Å². The van der Waals surface area contributed by atoms with E-state index in [0.29, 0.717) is 5.56 Å². The van der Waals surface area contributed by atoms with Crippen LogP contribution in [0.1, 0.15) is 21.6 Å². The topological polar surface area (TPSA) is 118 Å². The number of carbonyl (C=O) groups excluding carboxylic acids is 1. The minimum absolute atomic E-state index is 0.132. The number of amides is 1. The molecule has 0 saturated carbocycles. The van der Waals surface area contributed by atoms with Gasteiger partial charge in [-0.2, -0.15) is 5.10 Å². The Morgan fingerprint density at radius 3 is 2.86 bits per heavy atom. The maximum atomic E-state index is 11.7.